The summed E-state index contributed by atoms with van der Waals surface area (Å²) >= 11 is 1.33. The molecule has 1 aliphatic heterocycles. The van der Waals surface area contributed by atoms with Crippen LogP contribution in [0.1, 0.15) is 34.2 Å². The Labute approximate surface area is 196 Å². The molecule has 33 heavy (non-hydrogen) atoms. The van der Waals surface area contributed by atoms with Gasteiger partial charge in [0.15, 0.2) is 5.17 Å². The fraction of sp³-hybridized carbons (Fsp3) is 0.200. The molecule has 2 aromatic heterocycles. The number of pyridine rings is 1. The second-order valence-corrected chi connectivity index (χ2v) is 8.52. The lowest BCUT2D eigenvalue weighted by Gasteiger charge is -2.08. The zero-order valence-corrected chi connectivity index (χ0v) is 19.7. The van der Waals surface area contributed by atoms with E-state index in [4.69, 9.17) is 4.74 Å². The van der Waals surface area contributed by atoms with Crippen LogP contribution in [0.25, 0.3) is 11.8 Å². The van der Waals surface area contributed by atoms with Crippen molar-refractivity contribution in [3.63, 3.8) is 0 Å². The molecular weight excluding hydrogens is 436 g/mol. The van der Waals surface area contributed by atoms with Crippen molar-refractivity contribution < 1.29 is 14.3 Å². The number of hydrogen-bond donors (Lipinski definition) is 0. The molecule has 0 aliphatic carbocycles. The van der Waals surface area contributed by atoms with E-state index in [1.165, 1.54) is 16.7 Å². The molecular formula is C25H24N4O3S. The molecule has 168 valence electrons. The normalized spacial score (nSPS) is 16.1. The van der Waals surface area contributed by atoms with Gasteiger partial charge in [0.2, 0.25) is 0 Å². The number of nitrogens with zero attached hydrogens (tertiary/aromatic N) is 4. The number of hydrogen-bond acceptors (Lipinski definition) is 6. The van der Waals surface area contributed by atoms with Crippen molar-refractivity contribution in [2.24, 2.45) is 4.99 Å². The highest BCUT2D eigenvalue weighted by Gasteiger charge is 2.30. The standard InChI is InChI=1S/C25H24N4O3S/c1-5-32-24(31)18-8-10-20(11-9-18)27-25-28(4)23(30)22(33-25)14-19-13-16(2)29(17(19)3)21-7-6-12-26-15-21/h6-15H,5H2,1-4H3/b22-14+,27-25?. The molecule has 1 saturated heterocycles. The number of amides is 1. The number of aliphatic imine (C=N–C) groups is 1. The molecule has 0 atom stereocenters. The first-order valence-corrected chi connectivity index (χ1v) is 11.3. The molecule has 1 amide bonds. The number of amidine groups is 1. The van der Waals surface area contributed by atoms with E-state index in [-0.39, 0.29) is 11.9 Å². The number of rotatable bonds is 5. The first-order valence-electron chi connectivity index (χ1n) is 10.5. The summed E-state index contributed by atoms with van der Waals surface area (Å²) in [4.78, 5) is 35.7. The van der Waals surface area contributed by atoms with Gasteiger partial charge in [-0.3, -0.25) is 14.7 Å². The number of esters is 1. The number of likely N-dealkylation sites (N-methyl/N-ethyl adjacent to an activating group) is 1. The Morgan fingerprint density at radius 1 is 1.21 bits per heavy atom. The Morgan fingerprint density at radius 2 is 1.97 bits per heavy atom. The minimum atomic E-state index is -0.367. The third kappa shape index (κ3) is 4.61. The Balaban J connectivity index is 1.59. The number of carbonyl (C=O) groups excluding carboxylic acids is 2. The maximum atomic E-state index is 12.9. The fourth-order valence-corrected chi connectivity index (χ4v) is 4.58. The largest absolute Gasteiger partial charge is 0.462 e. The minimum Gasteiger partial charge on any atom is -0.462 e. The van der Waals surface area contributed by atoms with E-state index < -0.39 is 0 Å². The van der Waals surface area contributed by atoms with Gasteiger partial charge in [0.1, 0.15) is 0 Å². The zero-order valence-electron chi connectivity index (χ0n) is 18.9. The maximum Gasteiger partial charge on any atom is 0.338 e. The number of aromatic nitrogens is 2. The lowest BCUT2D eigenvalue weighted by Crippen LogP contribution is -2.23. The smallest absolute Gasteiger partial charge is 0.338 e. The number of thioether (sulfide) groups is 1. The number of ether oxygens (including phenoxy) is 1. The number of carbonyl (C=O) groups is 2. The third-order valence-electron chi connectivity index (χ3n) is 5.27. The molecule has 1 aromatic carbocycles. The second kappa shape index (κ2) is 9.46. The van der Waals surface area contributed by atoms with Gasteiger partial charge in [-0.25, -0.2) is 9.79 Å². The molecule has 1 fully saturated rings. The summed E-state index contributed by atoms with van der Waals surface area (Å²) in [5, 5.41) is 0.580. The Kier molecular flexibility index (Phi) is 6.46. The second-order valence-electron chi connectivity index (χ2n) is 7.51. The van der Waals surface area contributed by atoms with Crippen LogP contribution in [0.15, 0.2) is 64.8 Å². The van der Waals surface area contributed by atoms with E-state index in [0.29, 0.717) is 27.9 Å². The first kappa shape index (κ1) is 22.5. The molecule has 8 heteroatoms. The van der Waals surface area contributed by atoms with Crippen molar-refractivity contribution in [1.82, 2.24) is 14.5 Å². The van der Waals surface area contributed by atoms with Crippen LogP contribution in [0.5, 0.6) is 0 Å². The van der Waals surface area contributed by atoms with Gasteiger partial charge in [-0.2, -0.15) is 0 Å². The summed E-state index contributed by atoms with van der Waals surface area (Å²) in [7, 11) is 1.71. The van der Waals surface area contributed by atoms with Crippen molar-refractivity contribution >= 4 is 40.6 Å². The summed E-state index contributed by atoms with van der Waals surface area (Å²) in [6.45, 7) is 6.15. The first-order chi connectivity index (χ1) is 15.9. The lowest BCUT2D eigenvalue weighted by molar-refractivity contribution is -0.121. The number of benzene rings is 1. The summed E-state index contributed by atoms with van der Waals surface area (Å²) in [5.74, 6) is -0.471. The quantitative estimate of drug-likeness (QED) is 0.400. The highest BCUT2D eigenvalue weighted by atomic mass is 32.2. The van der Waals surface area contributed by atoms with Gasteiger partial charge in [0.25, 0.3) is 5.91 Å². The van der Waals surface area contributed by atoms with E-state index in [2.05, 4.69) is 20.6 Å². The molecule has 4 rings (SSSR count). The predicted octanol–water partition coefficient (Wildman–Crippen LogP) is 4.90. The minimum absolute atomic E-state index is 0.104. The average molecular weight is 461 g/mol. The van der Waals surface area contributed by atoms with Crippen LogP contribution in [0.4, 0.5) is 5.69 Å². The molecule has 0 unspecified atom stereocenters. The molecule has 0 spiro atoms. The van der Waals surface area contributed by atoms with Gasteiger partial charge in [0.05, 0.1) is 34.6 Å². The van der Waals surface area contributed by atoms with E-state index in [0.717, 1.165) is 22.6 Å². The summed E-state index contributed by atoms with van der Waals surface area (Å²) < 4.78 is 7.12. The maximum absolute atomic E-state index is 12.9. The molecule has 7 nitrogen and oxygen atoms in total. The van der Waals surface area contributed by atoms with Crippen LogP contribution in [0.2, 0.25) is 0 Å². The Morgan fingerprint density at radius 3 is 2.64 bits per heavy atom. The molecule has 0 radical (unpaired) electrons. The predicted molar refractivity (Wildman–Crippen MR) is 131 cm³/mol. The van der Waals surface area contributed by atoms with E-state index in [9.17, 15) is 9.59 Å². The SMILES string of the molecule is CCOC(=O)c1ccc(N=C2S/C(=C/c3cc(C)n(-c4cccnc4)c3C)C(=O)N2C)cc1. The van der Waals surface area contributed by atoms with Crippen molar-refractivity contribution in [2.75, 3.05) is 13.7 Å². The van der Waals surface area contributed by atoms with Crippen molar-refractivity contribution in [3.8, 4) is 5.69 Å². The van der Waals surface area contributed by atoms with Gasteiger partial charge < -0.3 is 9.30 Å². The highest BCUT2D eigenvalue weighted by Crippen LogP contribution is 2.34. The van der Waals surface area contributed by atoms with Gasteiger partial charge in [-0.15, -0.1) is 0 Å². The van der Waals surface area contributed by atoms with Crippen molar-refractivity contribution in [2.45, 2.75) is 20.8 Å². The monoisotopic (exact) mass is 460 g/mol. The Bertz CT molecular complexity index is 1260. The van der Waals surface area contributed by atoms with Crippen LogP contribution >= 0.6 is 11.8 Å². The van der Waals surface area contributed by atoms with Crippen molar-refractivity contribution in [1.29, 1.82) is 0 Å². The van der Waals surface area contributed by atoms with Crippen LogP contribution in [0, 0.1) is 13.8 Å². The van der Waals surface area contributed by atoms with Crippen LogP contribution in [-0.2, 0) is 9.53 Å². The van der Waals surface area contributed by atoms with Crippen LogP contribution in [0.3, 0.4) is 0 Å². The van der Waals surface area contributed by atoms with Crippen LogP contribution < -0.4 is 0 Å². The van der Waals surface area contributed by atoms with Crippen molar-refractivity contribution in [3.05, 3.63) is 82.3 Å². The highest BCUT2D eigenvalue weighted by molar-refractivity contribution is 8.18. The fourth-order valence-electron chi connectivity index (χ4n) is 3.61. The summed E-state index contributed by atoms with van der Waals surface area (Å²) in [6.07, 6.45) is 5.47. The molecule has 0 N–H and O–H groups in total. The van der Waals surface area contributed by atoms with E-state index in [1.807, 2.05) is 38.3 Å². The summed E-state index contributed by atoms with van der Waals surface area (Å²) in [5.41, 5.74) is 5.17. The van der Waals surface area contributed by atoms with Gasteiger partial charge >= 0.3 is 5.97 Å². The molecule has 0 bridgehead atoms. The molecule has 0 saturated carbocycles. The molecule has 3 aromatic rings. The third-order valence-corrected chi connectivity index (χ3v) is 6.33. The van der Waals surface area contributed by atoms with E-state index in [1.54, 1.807) is 44.4 Å². The van der Waals surface area contributed by atoms with Gasteiger partial charge in [-0.05, 0) is 86.6 Å². The molecule has 1 aliphatic rings. The topological polar surface area (TPSA) is 76.8 Å². The summed E-state index contributed by atoms with van der Waals surface area (Å²) in [6, 6.07) is 12.8. The molecule has 3 heterocycles. The Hall–Kier alpha value is -3.65. The lowest BCUT2D eigenvalue weighted by atomic mass is 10.2. The average Bonchev–Trinajstić information content (AvgIpc) is 3.24. The number of aryl methyl sites for hydroxylation is 1. The van der Waals surface area contributed by atoms with Crippen LogP contribution in [-0.4, -0.2) is 45.1 Å². The zero-order chi connectivity index (χ0) is 23.5. The van der Waals surface area contributed by atoms with E-state index >= 15 is 0 Å². The van der Waals surface area contributed by atoms with Gasteiger partial charge in [-0.1, -0.05) is 0 Å². The van der Waals surface area contributed by atoms with Gasteiger partial charge in [0, 0.05) is 24.6 Å².